The van der Waals surface area contributed by atoms with Crippen LogP contribution in [0.5, 0.6) is 0 Å². The number of hydrogen-bond donors (Lipinski definition) is 1. The zero-order valence-electron chi connectivity index (χ0n) is 12.1. The van der Waals surface area contributed by atoms with Gasteiger partial charge in [-0.15, -0.1) is 0 Å². The normalized spacial score (nSPS) is 12.6. The number of nitrogens with zero attached hydrogens (tertiary/aromatic N) is 2. The summed E-state index contributed by atoms with van der Waals surface area (Å²) >= 11 is 3.57. The highest BCUT2D eigenvalue weighted by molar-refractivity contribution is 9.10. The predicted molar refractivity (Wildman–Crippen MR) is 87.0 cm³/mol. The van der Waals surface area contributed by atoms with Crippen molar-refractivity contribution in [1.82, 2.24) is 15.1 Å². The molecule has 3 nitrogen and oxygen atoms in total. The molecule has 0 bridgehead atoms. The van der Waals surface area contributed by atoms with Crippen LogP contribution in [0.4, 0.5) is 0 Å². The molecule has 2 rings (SSSR count). The van der Waals surface area contributed by atoms with E-state index >= 15 is 0 Å². The number of nitrogens with one attached hydrogen (secondary N) is 1. The monoisotopic (exact) mass is 335 g/mol. The van der Waals surface area contributed by atoms with Crippen molar-refractivity contribution < 1.29 is 0 Å². The highest BCUT2D eigenvalue weighted by atomic mass is 79.9. The Morgan fingerprint density at radius 3 is 2.85 bits per heavy atom. The average molecular weight is 336 g/mol. The van der Waals surface area contributed by atoms with Gasteiger partial charge in [-0.25, -0.2) is 0 Å². The van der Waals surface area contributed by atoms with Crippen LogP contribution in [0.2, 0.25) is 0 Å². The molecule has 1 unspecified atom stereocenters. The average Bonchev–Trinajstić information content (AvgIpc) is 2.84. The standard InChI is InChI=1S/C16H22BrN3/c1-3-18-12-14(13-5-4-6-15(17)11-13)7-8-16-9-10-19-20(16)2/h4-6,9-11,14,18H,3,7-8,12H2,1-2H3. The quantitative estimate of drug-likeness (QED) is 0.839. The van der Waals surface area contributed by atoms with Gasteiger partial charge in [0.05, 0.1) is 0 Å². The van der Waals surface area contributed by atoms with Gasteiger partial charge >= 0.3 is 0 Å². The van der Waals surface area contributed by atoms with Crippen LogP contribution in [-0.4, -0.2) is 22.9 Å². The van der Waals surface area contributed by atoms with Crippen LogP contribution >= 0.6 is 15.9 Å². The third-order valence-corrected chi connectivity index (χ3v) is 4.13. The summed E-state index contributed by atoms with van der Waals surface area (Å²) in [5.41, 5.74) is 2.68. The maximum absolute atomic E-state index is 4.24. The molecule has 1 heterocycles. The van der Waals surface area contributed by atoms with Crippen molar-refractivity contribution in [3.05, 3.63) is 52.3 Å². The van der Waals surface area contributed by atoms with Gasteiger partial charge in [-0.1, -0.05) is 35.0 Å². The molecule has 0 saturated heterocycles. The van der Waals surface area contributed by atoms with Crippen molar-refractivity contribution in [2.45, 2.75) is 25.7 Å². The summed E-state index contributed by atoms with van der Waals surface area (Å²) in [7, 11) is 2.01. The third kappa shape index (κ3) is 4.18. The summed E-state index contributed by atoms with van der Waals surface area (Å²) in [5.74, 6) is 0.530. The van der Waals surface area contributed by atoms with Crippen LogP contribution in [0.15, 0.2) is 41.0 Å². The van der Waals surface area contributed by atoms with Crippen LogP contribution in [-0.2, 0) is 13.5 Å². The van der Waals surface area contributed by atoms with E-state index in [0.29, 0.717) is 5.92 Å². The summed E-state index contributed by atoms with van der Waals surface area (Å²) < 4.78 is 3.11. The Balaban J connectivity index is 2.05. The summed E-state index contributed by atoms with van der Waals surface area (Å²) in [6.45, 7) is 4.18. The first-order chi connectivity index (χ1) is 9.70. The number of aryl methyl sites for hydroxylation is 2. The van der Waals surface area contributed by atoms with Gasteiger partial charge in [0.1, 0.15) is 0 Å². The van der Waals surface area contributed by atoms with Crippen LogP contribution in [0.1, 0.15) is 30.5 Å². The number of aromatic nitrogens is 2. The first-order valence-electron chi connectivity index (χ1n) is 7.13. The summed E-state index contributed by atoms with van der Waals surface area (Å²) in [5, 5.41) is 7.71. The van der Waals surface area contributed by atoms with Crippen molar-refractivity contribution in [1.29, 1.82) is 0 Å². The molecule has 1 aromatic carbocycles. The van der Waals surface area contributed by atoms with Crippen LogP contribution in [0.3, 0.4) is 0 Å². The number of halogens is 1. The lowest BCUT2D eigenvalue weighted by Gasteiger charge is -2.18. The predicted octanol–water partition coefficient (Wildman–Crippen LogP) is 3.51. The molecule has 1 N–H and O–H groups in total. The van der Waals surface area contributed by atoms with E-state index in [2.05, 4.69) is 63.6 Å². The third-order valence-electron chi connectivity index (χ3n) is 3.63. The largest absolute Gasteiger partial charge is 0.316 e. The molecule has 2 aromatic rings. The minimum atomic E-state index is 0.530. The lowest BCUT2D eigenvalue weighted by atomic mass is 9.93. The Hall–Kier alpha value is -1.13. The van der Waals surface area contributed by atoms with E-state index in [0.717, 1.165) is 30.4 Å². The Morgan fingerprint density at radius 2 is 2.20 bits per heavy atom. The van der Waals surface area contributed by atoms with Gasteiger partial charge in [0.25, 0.3) is 0 Å². The van der Waals surface area contributed by atoms with Gasteiger partial charge in [0.2, 0.25) is 0 Å². The van der Waals surface area contributed by atoms with Gasteiger partial charge in [-0.05, 0) is 49.1 Å². The fourth-order valence-corrected chi connectivity index (χ4v) is 2.85. The zero-order valence-corrected chi connectivity index (χ0v) is 13.7. The smallest absolute Gasteiger partial charge is 0.0492 e. The molecule has 0 aliphatic rings. The van der Waals surface area contributed by atoms with Gasteiger partial charge in [0.15, 0.2) is 0 Å². The summed E-state index contributed by atoms with van der Waals surface area (Å²) in [4.78, 5) is 0. The van der Waals surface area contributed by atoms with Gasteiger partial charge in [0, 0.05) is 30.0 Å². The molecule has 108 valence electrons. The Morgan fingerprint density at radius 1 is 1.35 bits per heavy atom. The second kappa shape index (κ2) is 7.60. The molecule has 4 heteroatoms. The maximum atomic E-state index is 4.24. The Kier molecular flexibility index (Phi) is 5.80. The maximum Gasteiger partial charge on any atom is 0.0492 e. The fraction of sp³-hybridized carbons (Fsp3) is 0.438. The van der Waals surface area contributed by atoms with E-state index in [4.69, 9.17) is 0 Å². The first-order valence-corrected chi connectivity index (χ1v) is 7.93. The van der Waals surface area contributed by atoms with Crippen molar-refractivity contribution in [2.75, 3.05) is 13.1 Å². The number of likely N-dealkylation sites (N-methyl/N-ethyl adjacent to an activating group) is 1. The molecule has 0 amide bonds. The second-order valence-corrected chi connectivity index (χ2v) is 5.96. The van der Waals surface area contributed by atoms with E-state index in [9.17, 15) is 0 Å². The van der Waals surface area contributed by atoms with E-state index in [1.165, 1.54) is 11.3 Å². The SMILES string of the molecule is CCNCC(CCc1ccnn1C)c1cccc(Br)c1. The zero-order chi connectivity index (χ0) is 14.4. The molecule has 0 saturated carbocycles. The molecule has 1 atom stereocenters. The Bertz CT molecular complexity index is 536. The van der Waals surface area contributed by atoms with E-state index in [-0.39, 0.29) is 0 Å². The molecular weight excluding hydrogens is 314 g/mol. The van der Waals surface area contributed by atoms with E-state index in [1.54, 1.807) is 0 Å². The molecule has 0 aliphatic carbocycles. The van der Waals surface area contributed by atoms with E-state index in [1.807, 2.05) is 17.9 Å². The van der Waals surface area contributed by atoms with Crippen LogP contribution in [0.25, 0.3) is 0 Å². The molecular formula is C16H22BrN3. The van der Waals surface area contributed by atoms with Gasteiger partial charge in [-0.2, -0.15) is 5.10 Å². The summed E-state index contributed by atoms with van der Waals surface area (Å²) in [6, 6.07) is 10.7. The lowest BCUT2D eigenvalue weighted by Crippen LogP contribution is -2.22. The highest BCUT2D eigenvalue weighted by Gasteiger charge is 2.12. The number of benzene rings is 1. The molecule has 0 spiro atoms. The number of hydrogen-bond acceptors (Lipinski definition) is 2. The molecule has 20 heavy (non-hydrogen) atoms. The van der Waals surface area contributed by atoms with Gasteiger partial charge < -0.3 is 5.32 Å². The summed E-state index contributed by atoms with van der Waals surface area (Å²) in [6.07, 6.45) is 4.05. The number of rotatable bonds is 7. The lowest BCUT2D eigenvalue weighted by molar-refractivity contribution is 0.549. The van der Waals surface area contributed by atoms with Gasteiger partial charge in [-0.3, -0.25) is 4.68 Å². The highest BCUT2D eigenvalue weighted by Crippen LogP contribution is 2.24. The van der Waals surface area contributed by atoms with Crippen molar-refractivity contribution in [2.24, 2.45) is 7.05 Å². The Labute approximate surface area is 129 Å². The minimum absolute atomic E-state index is 0.530. The van der Waals surface area contributed by atoms with Crippen LogP contribution in [0, 0.1) is 0 Å². The second-order valence-electron chi connectivity index (χ2n) is 5.04. The molecule has 0 radical (unpaired) electrons. The first kappa shape index (κ1) is 15.3. The molecule has 0 fully saturated rings. The molecule has 1 aromatic heterocycles. The topological polar surface area (TPSA) is 29.9 Å². The minimum Gasteiger partial charge on any atom is -0.316 e. The van der Waals surface area contributed by atoms with Crippen LogP contribution < -0.4 is 5.32 Å². The fourth-order valence-electron chi connectivity index (χ4n) is 2.43. The van der Waals surface area contributed by atoms with Crippen molar-refractivity contribution >= 4 is 15.9 Å². The van der Waals surface area contributed by atoms with Crippen molar-refractivity contribution in [3.8, 4) is 0 Å². The molecule has 0 aliphatic heterocycles. The van der Waals surface area contributed by atoms with Crippen molar-refractivity contribution in [3.63, 3.8) is 0 Å². The van der Waals surface area contributed by atoms with E-state index < -0.39 is 0 Å².